The van der Waals surface area contributed by atoms with Crippen LogP contribution in [-0.2, 0) is 17.9 Å². The number of halogens is 1. The van der Waals surface area contributed by atoms with E-state index < -0.39 is 0 Å². The quantitative estimate of drug-likeness (QED) is 0.281. The summed E-state index contributed by atoms with van der Waals surface area (Å²) in [6.45, 7) is 3.57. The summed E-state index contributed by atoms with van der Waals surface area (Å²) in [5, 5.41) is 9.51. The molecule has 0 aliphatic carbocycles. The van der Waals surface area contributed by atoms with Crippen molar-refractivity contribution in [1.82, 2.24) is 15.5 Å². The Kier molecular flexibility index (Phi) is 11.2. The lowest BCUT2D eigenvalue weighted by Gasteiger charge is -2.15. The fourth-order valence-electron chi connectivity index (χ4n) is 2.83. The lowest BCUT2D eigenvalue weighted by Crippen LogP contribution is -2.36. The predicted molar refractivity (Wildman–Crippen MR) is 134 cm³/mol. The molecule has 2 rings (SSSR count). The molecule has 8 heteroatoms. The van der Waals surface area contributed by atoms with Gasteiger partial charge in [-0.3, -0.25) is 9.79 Å². The molecular weight excluding hydrogens is 493 g/mol. The minimum absolute atomic E-state index is 0. The molecule has 3 N–H and O–H groups in total. The molecule has 30 heavy (non-hydrogen) atoms. The van der Waals surface area contributed by atoms with Crippen LogP contribution in [0.1, 0.15) is 16.7 Å². The summed E-state index contributed by atoms with van der Waals surface area (Å²) in [4.78, 5) is 18.0. The highest BCUT2D eigenvalue weighted by atomic mass is 127. The van der Waals surface area contributed by atoms with E-state index in [1.54, 1.807) is 14.2 Å². The van der Waals surface area contributed by atoms with Gasteiger partial charge < -0.3 is 25.6 Å². The van der Waals surface area contributed by atoms with Crippen LogP contribution in [0.5, 0.6) is 5.75 Å². The van der Waals surface area contributed by atoms with Crippen LogP contribution in [0.15, 0.2) is 47.5 Å². The molecule has 1 amide bonds. The number of ether oxygens (including phenoxy) is 1. The topological polar surface area (TPSA) is 78.0 Å². The monoisotopic (exact) mass is 525 g/mol. The van der Waals surface area contributed by atoms with Crippen LogP contribution in [0.3, 0.4) is 0 Å². The Morgan fingerprint density at radius 2 is 1.83 bits per heavy atom. The highest BCUT2D eigenvalue weighted by molar-refractivity contribution is 14.0. The molecule has 0 fully saturated rings. The van der Waals surface area contributed by atoms with Gasteiger partial charge in [0.05, 0.1) is 13.7 Å². The van der Waals surface area contributed by atoms with E-state index in [-0.39, 0.29) is 29.9 Å². The van der Waals surface area contributed by atoms with Crippen LogP contribution in [0.2, 0.25) is 0 Å². The Balaban J connectivity index is 0.00000450. The van der Waals surface area contributed by atoms with Gasteiger partial charge >= 0.3 is 0 Å². The largest absolute Gasteiger partial charge is 0.496 e. The van der Waals surface area contributed by atoms with Crippen LogP contribution >= 0.6 is 24.0 Å². The summed E-state index contributed by atoms with van der Waals surface area (Å²) in [5.41, 5.74) is 4.05. The number of nitrogens with zero attached hydrogens (tertiary/aromatic N) is 2. The van der Waals surface area contributed by atoms with Crippen molar-refractivity contribution in [3.8, 4) is 5.75 Å². The first kappa shape index (κ1) is 25.7. The molecule has 0 heterocycles. The number of aryl methyl sites for hydroxylation is 1. The van der Waals surface area contributed by atoms with Crippen molar-refractivity contribution < 1.29 is 9.53 Å². The number of amides is 1. The molecule has 164 valence electrons. The van der Waals surface area contributed by atoms with E-state index in [1.807, 2.05) is 62.3 Å². The van der Waals surface area contributed by atoms with Gasteiger partial charge in [-0.15, -0.1) is 24.0 Å². The Morgan fingerprint density at radius 1 is 1.10 bits per heavy atom. The molecule has 0 unspecified atom stereocenters. The van der Waals surface area contributed by atoms with Crippen molar-refractivity contribution in [3.05, 3.63) is 59.2 Å². The zero-order valence-electron chi connectivity index (χ0n) is 18.3. The molecule has 0 atom stereocenters. The standard InChI is InChI=1S/C22H31N5O2.HI/c1-16-9-10-18(20(11-16)29-5)14-25-22(23-2)24-13-17-7-6-8-19(12-17)26-21(28)15-27(3)4;/h6-12H,13-15H2,1-5H3,(H,26,28)(H2,23,24,25);1H. The first-order valence-electron chi connectivity index (χ1n) is 9.53. The summed E-state index contributed by atoms with van der Waals surface area (Å²) in [7, 11) is 7.14. The van der Waals surface area contributed by atoms with E-state index >= 15 is 0 Å². The lowest BCUT2D eigenvalue weighted by molar-refractivity contribution is -0.116. The van der Waals surface area contributed by atoms with Gasteiger partial charge in [0.2, 0.25) is 5.91 Å². The number of anilines is 1. The van der Waals surface area contributed by atoms with Gasteiger partial charge in [-0.2, -0.15) is 0 Å². The van der Waals surface area contributed by atoms with Crippen molar-refractivity contribution in [2.24, 2.45) is 4.99 Å². The zero-order chi connectivity index (χ0) is 21.2. The number of rotatable bonds is 8. The molecule has 0 aliphatic rings. The van der Waals surface area contributed by atoms with Crippen molar-refractivity contribution in [3.63, 3.8) is 0 Å². The van der Waals surface area contributed by atoms with E-state index in [1.165, 1.54) is 0 Å². The van der Waals surface area contributed by atoms with E-state index in [0.717, 1.165) is 28.1 Å². The Hall–Kier alpha value is -2.33. The molecular formula is C22H32IN5O2. The molecule has 0 bridgehead atoms. The van der Waals surface area contributed by atoms with Gasteiger partial charge in [0.1, 0.15) is 5.75 Å². The number of carbonyl (C=O) groups excluding carboxylic acids is 1. The maximum atomic E-state index is 11.9. The van der Waals surface area contributed by atoms with E-state index in [9.17, 15) is 4.79 Å². The van der Waals surface area contributed by atoms with Crippen molar-refractivity contribution >= 4 is 41.5 Å². The average molecular weight is 525 g/mol. The summed E-state index contributed by atoms with van der Waals surface area (Å²) >= 11 is 0. The number of carbonyl (C=O) groups is 1. The first-order valence-corrected chi connectivity index (χ1v) is 9.53. The number of guanidine groups is 1. The van der Waals surface area contributed by atoms with Gasteiger partial charge in [-0.05, 0) is 50.3 Å². The SMILES string of the molecule is CN=C(NCc1cccc(NC(=O)CN(C)C)c1)NCc1ccc(C)cc1OC.I. The maximum absolute atomic E-state index is 11.9. The minimum Gasteiger partial charge on any atom is -0.496 e. The number of likely N-dealkylation sites (N-methyl/N-ethyl adjacent to an activating group) is 1. The van der Waals surface area contributed by atoms with Crippen LogP contribution in [0.25, 0.3) is 0 Å². The van der Waals surface area contributed by atoms with Gasteiger partial charge in [-0.25, -0.2) is 0 Å². The van der Waals surface area contributed by atoms with Crippen LogP contribution in [0, 0.1) is 6.92 Å². The number of nitrogens with one attached hydrogen (secondary N) is 3. The molecule has 2 aromatic rings. The third kappa shape index (κ3) is 8.58. The Morgan fingerprint density at radius 3 is 2.50 bits per heavy atom. The fraction of sp³-hybridized carbons (Fsp3) is 0.364. The van der Waals surface area contributed by atoms with Crippen molar-refractivity contribution in [1.29, 1.82) is 0 Å². The number of benzene rings is 2. The molecule has 7 nitrogen and oxygen atoms in total. The Bertz CT molecular complexity index is 855. The maximum Gasteiger partial charge on any atom is 0.238 e. The third-order valence-electron chi connectivity index (χ3n) is 4.24. The summed E-state index contributed by atoms with van der Waals surface area (Å²) < 4.78 is 5.45. The second-order valence-corrected chi connectivity index (χ2v) is 7.08. The second kappa shape index (κ2) is 13.1. The molecule has 0 radical (unpaired) electrons. The van der Waals surface area contributed by atoms with E-state index in [4.69, 9.17) is 4.74 Å². The molecule has 0 aliphatic heterocycles. The first-order chi connectivity index (χ1) is 13.9. The average Bonchev–Trinajstić information content (AvgIpc) is 2.68. The predicted octanol–water partition coefficient (Wildman–Crippen LogP) is 2.99. The highest BCUT2D eigenvalue weighted by Gasteiger charge is 2.06. The lowest BCUT2D eigenvalue weighted by atomic mass is 10.1. The number of aliphatic imine (C=N–C) groups is 1. The van der Waals surface area contributed by atoms with Crippen LogP contribution in [0.4, 0.5) is 5.69 Å². The summed E-state index contributed by atoms with van der Waals surface area (Å²) in [6.07, 6.45) is 0. The van der Waals surface area contributed by atoms with Gasteiger partial charge in [0.15, 0.2) is 5.96 Å². The van der Waals surface area contributed by atoms with Crippen LogP contribution < -0.4 is 20.7 Å². The van der Waals surface area contributed by atoms with Crippen molar-refractivity contribution in [2.45, 2.75) is 20.0 Å². The number of hydrogen-bond acceptors (Lipinski definition) is 4. The molecule has 0 saturated heterocycles. The van der Waals surface area contributed by atoms with E-state index in [2.05, 4.69) is 27.0 Å². The summed E-state index contributed by atoms with van der Waals surface area (Å²) in [6, 6.07) is 13.9. The summed E-state index contributed by atoms with van der Waals surface area (Å²) in [5.74, 6) is 1.51. The second-order valence-electron chi connectivity index (χ2n) is 7.08. The zero-order valence-corrected chi connectivity index (χ0v) is 20.6. The number of methoxy groups -OCH3 is 1. The smallest absolute Gasteiger partial charge is 0.238 e. The highest BCUT2D eigenvalue weighted by Crippen LogP contribution is 2.19. The minimum atomic E-state index is -0.0374. The fourth-order valence-corrected chi connectivity index (χ4v) is 2.83. The van der Waals surface area contributed by atoms with Gasteiger partial charge in [0, 0.05) is 31.4 Å². The van der Waals surface area contributed by atoms with E-state index in [0.29, 0.717) is 25.6 Å². The number of hydrogen-bond donors (Lipinski definition) is 3. The molecule has 2 aromatic carbocycles. The molecule has 0 spiro atoms. The Labute approximate surface area is 196 Å². The van der Waals surface area contributed by atoms with Crippen molar-refractivity contribution in [2.75, 3.05) is 40.1 Å². The molecule has 0 aromatic heterocycles. The van der Waals surface area contributed by atoms with Gasteiger partial charge in [0.25, 0.3) is 0 Å². The third-order valence-corrected chi connectivity index (χ3v) is 4.24. The van der Waals surface area contributed by atoms with Gasteiger partial charge in [-0.1, -0.05) is 24.3 Å². The molecule has 0 saturated carbocycles. The normalized spacial score (nSPS) is 10.9. The van der Waals surface area contributed by atoms with Crippen LogP contribution in [-0.4, -0.2) is 51.6 Å².